The van der Waals surface area contributed by atoms with Crippen molar-refractivity contribution in [2.45, 2.75) is 49.7 Å². The lowest BCUT2D eigenvalue weighted by Gasteiger charge is -2.15. The first-order chi connectivity index (χ1) is 8.91. The van der Waals surface area contributed by atoms with Crippen molar-refractivity contribution < 1.29 is 9.53 Å². The van der Waals surface area contributed by atoms with Crippen LogP contribution in [0.3, 0.4) is 0 Å². The molecule has 0 aromatic heterocycles. The van der Waals surface area contributed by atoms with Crippen molar-refractivity contribution in [3.05, 3.63) is 0 Å². The lowest BCUT2D eigenvalue weighted by molar-refractivity contribution is -0.120. The van der Waals surface area contributed by atoms with Crippen molar-refractivity contribution in [1.82, 2.24) is 5.32 Å². The summed E-state index contributed by atoms with van der Waals surface area (Å²) in [6.07, 6.45) is 5.55. The van der Waals surface area contributed by atoms with E-state index in [4.69, 9.17) is 39.5 Å². The van der Waals surface area contributed by atoms with Gasteiger partial charge in [0.05, 0.1) is 0 Å². The first kappa shape index (κ1) is 19.3. The average molecular weight is 333 g/mol. The zero-order valence-corrected chi connectivity index (χ0v) is 14.0. The molecule has 0 aromatic rings. The molecule has 0 rings (SSSR count). The number of carbonyl (C=O) groups is 1. The van der Waals surface area contributed by atoms with Crippen molar-refractivity contribution in [3.8, 4) is 0 Å². The monoisotopic (exact) mass is 331 g/mol. The second-order valence-corrected chi connectivity index (χ2v) is 6.88. The van der Waals surface area contributed by atoms with Gasteiger partial charge in [-0.1, -0.05) is 67.9 Å². The molecule has 0 saturated heterocycles. The Hall–Kier alpha value is 0.300. The molecule has 0 heterocycles. The number of ether oxygens (including phenoxy) is 1. The van der Waals surface area contributed by atoms with Crippen LogP contribution < -0.4 is 5.32 Å². The molecule has 114 valence electrons. The molecule has 0 fully saturated rings. The van der Waals surface area contributed by atoms with E-state index in [1.165, 1.54) is 19.3 Å². The summed E-state index contributed by atoms with van der Waals surface area (Å²) in [7, 11) is 0. The highest BCUT2D eigenvalue weighted by Gasteiger charge is 2.29. The fourth-order valence-electron chi connectivity index (χ4n) is 1.62. The minimum atomic E-state index is -1.88. The van der Waals surface area contributed by atoms with Crippen LogP contribution in [0.25, 0.3) is 0 Å². The van der Waals surface area contributed by atoms with Gasteiger partial charge in [-0.25, -0.2) is 0 Å². The fourth-order valence-corrected chi connectivity index (χ4v) is 1.82. The molecule has 0 aromatic carbocycles. The van der Waals surface area contributed by atoms with Crippen molar-refractivity contribution >= 4 is 40.7 Å². The van der Waals surface area contributed by atoms with Crippen LogP contribution in [-0.2, 0) is 9.53 Å². The molecule has 0 spiro atoms. The Bertz CT molecular complexity index is 245. The third-order valence-corrected chi connectivity index (χ3v) is 3.42. The van der Waals surface area contributed by atoms with E-state index in [2.05, 4.69) is 19.2 Å². The molecule has 1 unspecified atom stereocenters. The minimum Gasteiger partial charge on any atom is -0.381 e. The number of rotatable bonds is 10. The zero-order valence-electron chi connectivity index (χ0n) is 11.7. The van der Waals surface area contributed by atoms with E-state index in [-0.39, 0.29) is 0 Å². The van der Waals surface area contributed by atoms with Crippen LogP contribution in [0.1, 0.15) is 46.0 Å². The van der Waals surface area contributed by atoms with Gasteiger partial charge in [-0.05, 0) is 18.8 Å². The topological polar surface area (TPSA) is 38.3 Å². The summed E-state index contributed by atoms with van der Waals surface area (Å²) >= 11 is 16.3. The van der Waals surface area contributed by atoms with Gasteiger partial charge in [-0.15, -0.1) is 0 Å². The highest BCUT2D eigenvalue weighted by molar-refractivity contribution is 6.76. The van der Waals surface area contributed by atoms with Gasteiger partial charge in [0.2, 0.25) is 0 Å². The number of hydrogen-bond donors (Lipinski definition) is 1. The van der Waals surface area contributed by atoms with Crippen molar-refractivity contribution in [2.75, 3.05) is 19.8 Å². The summed E-state index contributed by atoms with van der Waals surface area (Å²) in [5.74, 6) is 0.0441. The number of hydrogen-bond acceptors (Lipinski definition) is 2. The smallest absolute Gasteiger partial charge is 0.272 e. The van der Waals surface area contributed by atoms with E-state index in [1.807, 2.05) is 0 Å². The van der Waals surface area contributed by atoms with Crippen LogP contribution >= 0.6 is 34.8 Å². The molecule has 19 heavy (non-hydrogen) atoms. The quantitative estimate of drug-likeness (QED) is 0.483. The van der Waals surface area contributed by atoms with Gasteiger partial charge in [0, 0.05) is 19.8 Å². The van der Waals surface area contributed by atoms with Gasteiger partial charge >= 0.3 is 0 Å². The van der Waals surface area contributed by atoms with Gasteiger partial charge in [-0.2, -0.15) is 0 Å². The maximum atomic E-state index is 11.2. The van der Waals surface area contributed by atoms with E-state index in [1.54, 1.807) is 0 Å². The molecular weight excluding hydrogens is 309 g/mol. The van der Waals surface area contributed by atoms with Crippen LogP contribution in [0.15, 0.2) is 0 Å². The number of halogens is 3. The van der Waals surface area contributed by atoms with E-state index < -0.39 is 9.70 Å². The Balaban J connectivity index is 3.51. The number of nitrogens with one attached hydrogen (secondary N) is 1. The van der Waals surface area contributed by atoms with E-state index in [0.29, 0.717) is 19.1 Å². The molecule has 0 bridgehead atoms. The molecule has 0 radical (unpaired) electrons. The van der Waals surface area contributed by atoms with Gasteiger partial charge < -0.3 is 10.1 Å². The van der Waals surface area contributed by atoms with E-state index >= 15 is 0 Å². The molecule has 1 N–H and O–H groups in total. The van der Waals surface area contributed by atoms with E-state index in [9.17, 15) is 4.79 Å². The number of unbranched alkanes of at least 4 members (excludes halogenated alkanes) is 1. The van der Waals surface area contributed by atoms with Crippen molar-refractivity contribution in [1.29, 1.82) is 0 Å². The summed E-state index contributed by atoms with van der Waals surface area (Å²) in [4.78, 5) is 11.2. The van der Waals surface area contributed by atoms with E-state index in [0.717, 1.165) is 19.4 Å². The molecule has 6 heteroatoms. The van der Waals surface area contributed by atoms with Gasteiger partial charge in [-0.3, -0.25) is 4.79 Å². The maximum Gasteiger partial charge on any atom is 0.272 e. The molecular formula is C13H24Cl3NO2. The summed E-state index contributed by atoms with van der Waals surface area (Å²) < 4.78 is 3.72. The summed E-state index contributed by atoms with van der Waals surface area (Å²) in [6.45, 7) is 6.24. The normalized spacial score (nSPS) is 13.3. The third-order valence-electron chi connectivity index (χ3n) is 2.91. The van der Waals surface area contributed by atoms with Crippen LogP contribution in [0.5, 0.6) is 0 Å². The number of carbonyl (C=O) groups excluding carboxylic acids is 1. The molecule has 0 aliphatic heterocycles. The Labute approximate surface area is 131 Å². The van der Waals surface area contributed by atoms with Crippen LogP contribution in [0.4, 0.5) is 0 Å². The van der Waals surface area contributed by atoms with Crippen LogP contribution in [-0.4, -0.2) is 29.5 Å². The zero-order chi connectivity index (χ0) is 14.7. The van der Waals surface area contributed by atoms with Crippen molar-refractivity contribution in [3.63, 3.8) is 0 Å². The van der Waals surface area contributed by atoms with Crippen LogP contribution in [0.2, 0.25) is 0 Å². The SMILES string of the molecule is CCCCC(CC)COCCCNC(=O)C(Cl)(Cl)Cl. The van der Waals surface area contributed by atoms with Crippen LogP contribution in [0, 0.1) is 5.92 Å². The molecule has 1 atom stereocenters. The predicted octanol–water partition coefficient (Wildman–Crippen LogP) is 4.10. The first-order valence-electron chi connectivity index (χ1n) is 6.84. The second-order valence-electron chi connectivity index (χ2n) is 4.60. The lowest BCUT2D eigenvalue weighted by atomic mass is 10.0. The lowest BCUT2D eigenvalue weighted by Crippen LogP contribution is -2.35. The predicted molar refractivity (Wildman–Crippen MR) is 82.0 cm³/mol. The summed E-state index contributed by atoms with van der Waals surface area (Å²) in [5.41, 5.74) is 0. The summed E-state index contributed by atoms with van der Waals surface area (Å²) in [6, 6.07) is 0. The van der Waals surface area contributed by atoms with Gasteiger partial charge in [0.15, 0.2) is 0 Å². The molecule has 0 saturated carbocycles. The largest absolute Gasteiger partial charge is 0.381 e. The summed E-state index contributed by atoms with van der Waals surface area (Å²) in [5, 5.41) is 2.54. The highest BCUT2D eigenvalue weighted by Crippen LogP contribution is 2.25. The number of alkyl halides is 3. The molecule has 1 amide bonds. The Morgan fingerprint density at radius 3 is 2.47 bits per heavy atom. The Morgan fingerprint density at radius 2 is 1.95 bits per heavy atom. The Morgan fingerprint density at radius 1 is 1.26 bits per heavy atom. The molecule has 0 aliphatic rings. The third kappa shape index (κ3) is 10.7. The fraction of sp³-hybridized carbons (Fsp3) is 0.923. The number of amides is 1. The Kier molecular flexibility index (Phi) is 11.2. The average Bonchev–Trinajstić information content (AvgIpc) is 2.35. The molecule has 3 nitrogen and oxygen atoms in total. The standard InChI is InChI=1S/C13H24Cl3NO2/c1-3-5-7-11(4-2)10-19-9-6-8-17-12(18)13(14,15)16/h11H,3-10H2,1-2H3,(H,17,18). The molecule has 0 aliphatic carbocycles. The van der Waals surface area contributed by atoms with Gasteiger partial charge in [0.25, 0.3) is 9.70 Å². The van der Waals surface area contributed by atoms with Gasteiger partial charge in [0.1, 0.15) is 0 Å². The highest BCUT2D eigenvalue weighted by atomic mass is 35.6. The van der Waals surface area contributed by atoms with Crippen molar-refractivity contribution in [2.24, 2.45) is 5.92 Å². The minimum absolute atomic E-state index is 0.457. The second kappa shape index (κ2) is 11.0. The first-order valence-corrected chi connectivity index (χ1v) is 7.97. The maximum absolute atomic E-state index is 11.2.